The summed E-state index contributed by atoms with van der Waals surface area (Å²) < 4.78 is 0. The molecule has 0 bridgehead atoms. The molecule has 0 amide bonds. The number of carboxylic acid groups (broad SMARTS) is 1. The summed E-state index contributed by atoms with van der Waals surface area (Å²) in [4.78, 5) is 11.5. The van der Waals surface area contributed by atoms with E-state index >= 15 is 0 Å². The van der Waals surface area contributed by atoms with Gasteiger partial charge in [-0.1, -0.05) is 72.8 Å². The Bertz CT molecular complexity index is 795. The number of aryl methyl sites for hydroxylation is 1. The quantitative estimate of drug-likeness (QED) is 0.218. The predicted molar refractivity (Wildman–Crippen MR) is 128 cm³/mol. The molecule has 0 heterocycles. The van der Waals surface area contributed by atoms with E-state index in [1.54, 1.807) is 12.1 Å². The molecule has 2 unspecified atom stereocenters. The lowest BCUT2D eigenvalue weighted by atomic mass is 9.94. The monoisotopic (exact) mass is 466 g/mol. The Kier molecular flexibility index (Phi) is 11.2. The Hall–Kier alpha value is -1.79. The van der Waals surface area contributed by atoms with Gasteiger partial charge in [-0.05, 0) is 55.5 Å². The van der Waals surface area contributed by atoms with E-state index in [2.05, 4.69) is 5.32 Å². The molecule has 0 aromatic heterocycles. The number of carbonyl (C=O) groups is 1. The van der Waals surface area contributed by atoms with Crippen LogP contribution in [0.1, 0.15) is 55.8 Å². The minimum absolute atomic E-state index is 0.285. The van der Waals surface area contributed by atoms with E-state index in [0.29, 0.717) is 40.7 Å². The van der Waals surface area contributed by atoms with Gasteiger partial charge in [0.05, 0.1) is 27.8 Å². The van der Waals surface area contributed by atoms with Crippen molar-refractivity contribution < 1.29 is 15.0 Å². The number of aliphatic hydroxyl groups is 1. The molecule has 170 valence electrons. The van der Waals surface area contributed by atoms with E-state index in [9.17, 15) is 15.0 Å². The van der Waals surface area contributed by atoms with Gasteiger partial charge < -0.3 is 21.3 Å². The second kappa shape index (κ2) is 13.6. The summed E-state index contributed by atoms with van der Waals surface area (Å²) in [5.41, 5.74) is 7.85. The molecule has 2 aromatic carbocycles. The van der Waals surface area contributed by atoms with Crippen molar-refractivity contribution in [2.24, 2.45) is 5.92 Å². The number of halogens is 2. The molecular formula is C24H32Cl2N2O3. The van der Waals surface area contributed by atoms with Crippen molar-refractivity contribution in [3.05, 3.63) is 63.6 Å². The molecule has 0 saturated heterocycles. The van der Waals surface area contributed by atoms with Gasteiger partial charge in [-0.15, -0.1) is 0 Å². The van der Waals surface area contributed by atoms with Gasteiger partial charge in [0.15, 0.2) is 0 Å². The maximum atomic E-state index is 11.5. The van der Waals surface area contributed by atoms with Crippen LogP contribution in [0.5, 0.6) is 0 Å². The zero-order valence-electron chi connectivity index (χ0n) is 17.7. The highest BCUT2D eigenvalue weighted by Crippen LogP contribution is 2.31. The molecule has 2 atom stereocenters. The molecule has 0 radical (unpaired) electrons. The predicted octanol–water partition coefficient (Wildman–Crippen LogP) is 5.48. The number of rotatable bonds is 14. The van der Waals surface area contributed by atoms with E-state index in [-0.39, 0.29) is 5.92 Å². The van der Waals surface area contributed by atoms with Crippen LogP contribution in [0.15, 0.2) is 42.5 Å². The first kappa shape index (κ1) is 25.5. The molecule has 0 saturated carbocycles. The van der Waals surface area contributed by atoms with Crippen LogP contribution in [-0.4, -0.2) is 29.3 Å². The SMILES string of the molecule is Nc1c(Cl)cc(C(O)CNCCCCCCC(CCc2ccccc2)C(=O)O)cc1Cl. The number of aliphatic hydroxyl groups excluding tert-OH is 1. The van der Waals surface area contributed by atoms with E-state index in [1.807, 2.05) is 30.3 Å². The minimum atomic E-state index is -0.712. The molecule has 0 spiro atoms. The van der Waals surface area contributed by atoms with Gasteiger partial charge in [0.25, 0.3) is 0 Å². The van der Waals surface area contributed by atoms with Crippen LogP contribution in [0.3, 0.4) is 0 Å². The molecule has 0 fully saturated rings. The number of benzene rings is 2. The summed E-state index contributed by atoms with van der Waals surface area (Å²) >= 11 is 12.0. The van der Waals surface area contributed by atoms with Gasteiger partial charge in [0.2, 0.25) is 0 Å². The molecule has 0 aliphatic carbocycles. The number of nitrogens with two attached hydrogens (primary N) is 1. The number of carboxylic acids is 1. The fourth-order valence-corrected chi connectivity index (χ4v) is 4.03. The Balaban J connectivity index is 1.57. The molecule has 2 rings (SSSR count). The normalized spacial score (nSPS) is 13.1. The van der Waals surface area contributed by atoms with Crippen LogP contribution in [0.4, 0.5) is 5.69 Å². The topological polar surface area (TPSA) is 95.6 Å². The Morgan fingerprint density at radius 3 is 2.29 bits per heavy atom. The van der Waals surface area contributed by atoms with Crippen LogP contribution >= 0.6 is 23.2 Å². The second-order valence-electron chi connectivity index (χ2n) is 7.88. The van der Waals surface area contributed by atoms with Crippen molar-refractivity contribution in [3.63, 3.8) is 0 Å². The summed E-state index contributed by atoms with van der Waals surface area (Å²) in [6.45, 7) is 1.18. The largest absolute Gasteiger partial charge is 0.481 e. The Labute approximate surface area is 194 Å². The average molecular weight is 467 g/mol. The number of nitrogens with one attached hydrogen (secondary N) is 1. The maximum Gasteiger partial charge on any atom is 0.306 e. The van der Waals surface area contributed by atoms with Gasteiger partial charge >= 0.3 is 5.97 Å². The fraction of sp³-hybridized carbons (Fsp3) is 0.458. The molecule has 31 heavy (non-hydrogen) atoms. The Morgan fingerprint density at radius 2 is 1.65 bits per heavy atom. The van der Waals surface area contributed by atoms with Crippen LogP contribution < -0.4 is 11.1 Å². The lowest BCUT2D eigenvalue weighted by molar-refractivity contribution is -0.142. The number of aliphatic carboxylic acids is 1. The van der Waals surface area contributed by atoms with E-state index in [0.717, 1.165) is 38.6 Å². The smallest absolute Gasteiger partial charge is 0.306 e. The van der Waals surface area contributed by atoms with Crippen LogP contribution in [-0.2, 0) is 11.2 Å². The fourth-order valence-electron chi connectivity index (χ4n) is 3.52. The minimum Gasteiger partial charge on any atom is -0.481 e. The number of unbranched alkanes of at least 4 members (excludes halogenated alkanes) is 3. The molecular weight excluding hydrogens is 435 g/mol. The van der Waals surface area contributed by atoms with Crippen LogP contribution in [0, 0.1) is 5.92 Å². The van der Waals surface area contributed by atoms with Crippen molar-refractivity contribution in [3.8, 4) is 0 Å². The number of anilines is 1. The number of hydrogen-bond donors (Lipinski definition) is 4. The standard InChI is InChI=1S/C24H32Cl2N2O3/c25-20-14-19(15-21(26)23(20)27)22(29)16-28-13-7-2-1-6-10-18(24(30)31)12-11-17-8-4-3-5-9-17/h3-5,8-9,14-15,18,22,28-29H,1-2,6-7,10-13,16,27H2,(H,30,31). The molecule has 0 aliphatic heterocycles. The molecule has 5 N–H and O–H groups in total. The highest BCUT2D eigenvalue weighted by molar-refractivity contribution is 6.38. The third-order valence-electron chi connectivity index (χ3n) is 5.45. The summed E-state index contributed by atoms with van der Waals surface area (Å²) in [7, 11) is 0. The lowest BCUT2D eigenvalue weighted by Gasteiger charge is -2.14. The highest BCUT2D eigenvalue weighted by Gasteiger charge is 2.16. The van der Waals surface area contributed by atoms with Gasteiger partial charge in [-0.2, -0.15) is 0 Å². The summed E-state index contributed by atoms with van der Waals surface area (Å²) in [6.07, 6.45) is 5.39. The van der Waals surface area contributed by atoms with E-state index in [1.165, 1.54) is 5.56 Å². The molecule has 5 nitrogen and oxygen atoms in total. The third kappa shape index (κ3) is 9.08. The second-order valence-corrected chi connectivity index (χ2v) is 8.69. The third-order valence-corrected chi connectivity index (χ3v) is 6.08. The van der Waals surface area contributed by atoms with Crippen LogP contribution in [0.25, 0.3) is 0 Å². The van der Waals surface area contributed by atoms with Gasteiger partial charge in [-0.25, -0.2) is 0 Å². The first-order valence-electron chi connectivity index (χ1n) is 10.8. The number of nitrogen functional groups attached to an aromatic ring is 1. The van der Waals surface area contributed by atoms with Gasteiger partial charge in [-0.3, -0.25) is 4.79 Å². The average Bonchev–Trinajstić information content (AvgIpc) is 2.75. The molecule has 0 aliphatic rings. The lowest BCUT2D eigenvalue weighted by Crippen LogP contribution is -2.22. The Morgan fingerprint density at radius 1 is 1.00 bits per heavy atom. The van der Waals surface area contributed by atoms with Crippen molar-refractivity contribution in [1.29, 1.82) is 0 Å². The van der Waals surface area contributed by atoms with Gasteiger partial charge in [0.1, 0.15) is 0 Å². The highest BCUT2D eigenvalue weighted by atomic mass is 35.5. The first-order valence-corrected chi connectivity index (χ1v) is 11.5. The van der Waals surface area contributed by atoms with Gasteiger partial charge in [0, 0.05) is 6.54 Å². The summed E-state index contributed by atoms with van der Waals surface area (Å²) in [6, 6.07) is 13.3. The van der Waals surface area contributed by atoms with Crippen molar-refractivity contribution >= 4 is 34.9 Å². The molecule has 7 heteroatoms. The van der Waals surface area contributed by atoms with E-state index in [4.69, 9.17) is 28.9 Å². The molecule has 2 aromatic rings. The maximum absolute atomic E-state index is 11.5. The summed E-state index contributed by atoms with van der Waals surface area (Å²) in [5.74, 6) is -0.985. The van der Waals surface area contributed by atoms with Crippen molar-refractivity contribution in [2.75, 3.05) is 18.8 Å². The number of hydrogen-bond acceptors (Lipinski definition) is 4. The zero-order chi connectivity index (χ0) is 22.6. The summed E-state index contributed by atoms with van der Waals surface area (Å²) in [5, 5.41) is 23.6. The first-order chi connectivity index (χ1) is 14.9. The van der Waals surface area contributed by atoms with E-state index < -0.39 is 12.1 Å². The van der Waals surface area contributed by atoms with Crippen molar-refractivity contribution in [2.45, 2.75) is 51.0 Å². The zero-order valence-corrected chi connectivity index (χ0v) is 19.2. The van der Waals surface area contributed by atoms with Crippen molar-refractivity contribution in [1.82, 2.24) is 5.32 Å². The van der Waals surface area contributed by atoms with Crippen LogP contribution in [0.2, 0.25) is 10.0 Å².